The van der Waals surface area contributed by atoms with E-state index < -0.39 is 0 Å². The van der Waals surface area contributed by atoms with Gasteiger partial charge in [-0.2, -0.15) is 0 Å². The summed E-state index contributed by atoms with van der Waals surface area (Å²) >= 11 is 0. The summed E-state index contributed by atoms with van der Waals surface area (Å²) in [6.45, 7) is 3.27. The topological polar surface area (TPSA) is 71.3 Å². The number of pyridine rings is 1. The van der Waals surface area contributed by atoms with Crippen LogP contribution in [0.1, 0.15) is 40.6 Å². The Bertz CT molecular complexity index is 668. The van der Waals surface area contributed by atoms with Crippen LogP contribution in [0.2, 0.25) is 0 Å². The number of aryl methyl sites for hydroxylation is 1. The first kappa shape index (κ1) is 14.6. The molecule has 2 aromatic rings. The number of aromatic nitrogens is 2. The van der Waals surface area contributed by atoms with Crippen molar-refractivity contribution in [2.75, 3.05) is 25.5 Å². The van der Waals surface area contributed by atoms with E-state index in [1.165, 1.54) is 5.56 Å². The molecule has 1 saturated heterocycles. The van der Waals surface area contributed by atoms with E-state index in [1.54, 1.807) is 13.0 Å². The van der Waals surface area contributed by atoms with Gasteiger partial charge >= 0.3 is 0 Å². The van der Waals surface area contributed by atoms with Crippen LogP contribution in [-0.4, -0.2) is 41.1 Å². The van der Waals surface area contributed by atoms with E-state index >= 15 is 0 Å². The molecule has 1 fully saturated rings. The molecule has 0 aromatic carbocycles. The molecular formula is C16H20N4O2. The average Bonchev–Trinajstić information content (AvgIpc) is 3.01. The van der Waals surface area contributed by atoms with Crippen LogP contribution in [0.25, 0.3) is 0 Å². The third-order valence-electron chi connectivity index (χ3n) is 4.07. The van der Waals surface area contributed by atoms with Crippen LogP contribution in [0.5, 0.6) is 0 Å². The summed E-state index contributed by atoms with van der Waals surface area (Å²) in [6.07, 6.45) is 3.88. The molecule has 2 aromatic heterocycles. The van der Waals surface area contributed by atoms with Crippen LogP contribution in [0.3, 0.4) is 0 Å². The Hall–Kier alpha value is -2.37. The lowest BCUT2D eigenvalue weighted by atomic mass is 9.91. The van der Waals surface area contributed by atoms with Gasteiger partial charge in [0.15, 0.2) is 5.69 Å². The van der Waals surface area contributed by atoms with E-state index in [9.17, 15) is 4.79 Å². The standard InChI is InChI=1S/C16H20N4O2/c1-11-8-14(19-22-11)16(21)20-7-3-4-13(10-20)12-5-6-18-15(9-12)17-2/h5-6,8-9,13H,3-4,7,10H2,1-2H3,(H,17,18)/t13-/m0/s1. The van der Waals surface area contributed by atoms with Crippen LogP contribution in [0, 0.1) is 6.92 Å². The minimum atomic E-state index is -0.0514. The molecule has 0 radical (unpaired) electrons. The minimum Gasteiger partial charge on any atom is -0.373 e. The second-order valence-electron chi connectivity index (χ2n) is 5.64. The number of hydrogen-bond acceptors (Lipinski definition) is 5. The normalized spacial score (nSPS) is 18.3. The lowest BCUT2D eigenvalue weighted by molar-refractivity contribution is 0.0696. The van der Waals surface area contributed by atoms with E-state index in [1.807, 2.05) is 24.2 Å². The Kier molecular flexibility index (Phi) is 4.09. The maximum atomic E-state index is 12.5. The monoisotopic (exact) mass is 300 g/mol. The number of hydrogen-bond donors (Lipinski definition) is 1. The third-order valence-corrected chi connectivity index (χ3v) is 4.07. The van der Waals surface area contributed by atoms with Crippen LogP contribution < -0.4 is 5.32 Å². The van der Waals surface area contributed by atoms with Gasteiger partial charge < -0.3 is 14.7 Å². The predicted molar refractivity (Wildman–Crippen MR) is 82.9 cm³/mol. The van der Waals surface area contributed by atoms with E-state index in [-0.39, 0.29) is 5.91 Å². The van der Waals surface area contributed by atoms with Gasteiger partial charge in [0, 0.05) is 38.3 Å². The van der Waals surface area contributed by atoms with E-state index in [0.29, 0.717) is 23.9 Å². The lowest BCUT2D eigenvalue weighted by Gasteiger charge is -2.32. The number of rotatable bonds is 3. The van der Waals surface area contributed by atoms with Gasteiger partial charge in [0.25, 0.3) is 5.91 Å². The number of anilines is 1. The summed E-state index contributed by atoms with van der Waals surface area (Å²) in [5.74, 6) is 1.79. The van der Waals surface area contributed by atoms with Crippen molar-refractivity contribution in [1.82, 2.24) is 15.0 Å². The van der Waals surface area contributed by atoms with Gasteiger partial charge in [-0.15, -0.1) is 0 Å². The van der Waals surface area contributed by atoms with Gasteiger partial charge in [-0.25, -0.2) is 4.98 Å². The van der Waals surface area contributed by atoms with Crippen molar-refractivity contribution in [1.29, 1.82) is 0 Å². The predicted octanol–water partition coefficient (Wildman–Crippen LogP) is 2.44. The number of likely N-dealkylation sites (tertiary alicyclic amines) is 1. The molecule has 116 valence electrons. The summed E-state index contributed by atoms with van der Waals surface area (Å²) in [5, 5.41) is 6.88. The zero-order valence-electron chi connectivity index (χ0n) is 12.9. The Balaban J connectivity index is 1.75. The van der Waals surface area contributed by atoms with E-state index in [2.05, 4.69) is 21.5 Å². The number of piperidine rings is 1. The van der Waals surface area contributed by atoms with Crippen molar-refractivity contribution in [3.8, 4) is 0 Å². The SMILES string of the molecule is CNc1cc([C@H]2CCCN(C(=O)c3cc(C)on3)C2)ccn1. The van der Waals surface area contributed by atoms with Crippen LogP contribution in [-0.2, 0) is 0 Å². The second kappa shape index (κ2) is 6.17. The molecule has 3 rings (SSSR count). The molecule has 0 aliphatic carbocycles. The van der Waals surface area contributed by atoms with Crippen molar-refractivity contribution in [2.45, 2.75) is 25.7 Å². The number of amides is 1. The smallest absolute Gasteiger partial charge is 0.276 e. The van der Waals surface area contributed by atoms with Crippen molar-refractivity contribution in [3.05, 3.63) is 41.4 Å². The first-order chi connectivity index (χ1) is 10.7. The Labute approximate surface area is 129 Å². The summed E-state index contributed by atoms with van der Waals surface area (Å²) in [6, 6.07) is 5.77. The maximum absolute atomic E-state index is 12.5. The molecule has 3 heterocycles. The highest BCUT2D eigenvalue weighted by Gasteiger charge is 2.27. The molecule has 6 nitrogen and oxygen atoms in total. The second-order valence-corrected chi connectivity index (χ2v) is 5.64. The highest BCUT2D eigenvalue weighted by molar-refractivity contribution is 5.92. The fourth-order valence-corrected chi connectivity index (χ4v) is 2.90. The quantitative estimate of drug-likeness (QED) is 0.942. The molecule has 1 aliphatic rings. The molecule has 1 N–H and O–H groups in total. The van der Waals surface area contributed by atoms with Gasteiger partial charge in [-0.1, -0.05) is 5.16 Å². The Morgan fingerprint density at radius 2 is 2.32 bits per heavy atom. The molecule has 22 heavy (non-hydrogen) atoms. The van der Waals surface area contributed by atoms with Crippen molar-refractivity contribution in [2.24, 2.45) is 0 Å². The molecule has 0 unspecified atom stereocenters. The lowest BCUT2D eigenvalue weighted by Crippen LogP contribution is -2.39. The molecule has 1 aliphatic heterocycles. The third kappa shape index (κ3) is 2.95. The number of carbonyl (C=O) groups is 1. The van der Waals surface area contributed by atoms with Crippen LogP contribution >= 0.6 is 0 Å². The van der Waals surface area contributed by atoms with Crippen LogP contribution in [0.15, 0.2) is 28.9 Å². The van der Waals surface area contributed by atoms with E-state index in [4.69, 9.17) is 4.52 Å². The Morgan fingerprint density at radius 1 is 1.45 bits per heavy atom. The van der Waals surface area contributed by atoms with Crippen molar-refractivity contribution in [3.63, 3.8) is 0 Å². The molecule has 0 saturated carbocycles. The molecule has 1 atom stereocenters. The van der Waals surface area contributed by atoms with Gasteiger partial charge in [-0.05, 0) is 37.5 Å². The molecule has 0 spiro atoms. The summed E-state index contributed by atoms with van der Waals surface area (Å²) in [7, 11) is 1.86. The fraction of sp³-hybridized carbons (Fsp3) is 0.438. The Morgan fingerprint density at radius 3 is 3.05 bits per heavy atom. The number of nitrogens with zero attached hydrogens (tertiary/aromatic N) is 3. The fourth-order valence-electron chi connectivity index (χ4n) is 2.90. The highest BCUT2D eigenvalue weighted by atomic mass is 16.5. The number of carbonyl (C=O) groups excluding carboxylic acids is 1. The van der Waals surface area contributed by atoms with Gasteiger partial charge in [0.2, 0.25) is 0 Å². The van der Waals surface area contributed by atoms with Crippen molar-refractivity contribution < 1.29 is 9.32 Å². The van der Waals surface area contributed by atoms with Gasteiger partial charge in [0.05, 0.1) is 0 Å². The first-order valence-corrected chi connectivity index (χ1v) is 7.53. The largest absolute Gasteiger partial charge is 0.373 e. The molecular weight excluding hydrogens is 280 g/mol. The first-order valence-electron chi connectivity index (χ1n) is 7.53. The zero-order valence-corrected chi connectivity index (χ0v) is 12.9. The average molecular weight is 300 g/mol. The molecule has 1 amide bonds. The zero-order chi connectivity index (χ0) is 15.5. The number of nitrogens with one attached hydrogen (secondary N) is 1. The van der Waals surface area contributed by atoms with Gasteiger partial charge in [-0.3, -0.25) is 4.79 Å². The minimum absolute atomic E-state index is 0.0514. The maximum Gasteiger partial charge on any atom is 0.276 e. The highest BCUT2D eigenvalue weighted by Crippen LogP contribution is 2.28. The van der Waals surface area contributed by atoms with Crippen LogP contribution in [0.4, 0.5) is 5.82 Å². The summed E-state index contributed by atoms with van der Waals surface area (Å²) in [5.41, 5.74) is 1.61. The summed E-state index contributed by atoms with van der Waals surface area (Å²) in [4.78, 5) is 18.6. The van der Waals surface area contributed by atoms with Gasteiger partial charge in [0.1, 0.15) is 11.6 Å². The molecule has 0 bridgehead atoms. The van der Waals surface area contributed by atoms with E-state index in [0.717, 1.165) is 25.2 Å². The molecule has 6 heteroatoms. The summed E-state index contributed by atoms with van der Waals surface area (Å²) < 4.78 is 5.00. The van der Waals surface area contributed by atoms with Crippen molar-refractivity contribution >= 4 is 11.7 Å².